The summed E-state index contributed by atoms with van der Waals surface area (Å²) in [6.45, 7) is 3.50. The zero-order chi connectivity index (χ0) is 69.8. The number of esters is 2. The van der Waals surface area contributed by atoms with Crippen molar-refractivity contribution in [1.82, 2.24) is 31.9 Å². The fourth-order valence-corrected chi connectivity index (χ4v) is 11.6. The fourth-order valence-electron chi connectivity index (χ4n) is 10.7. The number of carbonyl (C=O) groups excluding carboxylic acids is 8. The number of nitrogens with one attached hydrogen (secondary N) is 6. The maximum Gasteiger partial charge on any atom is 0.326 e. The van der Waals surface area contributed by atoms with E-state index in [4.69, 9.17) is 38.1 Å². The summed E-state index contributed by atoms with van der Waals surface area (Å²) >= 11 is 1.16. The minimum Gasteiger partial charge on any atom is -0.480 e. The van der Waals surface area contributed by atoms with Crippen LogP contribution < -0.4 is 60.6 Å². The Hall–Kier alpha value is -4.70. The molecule has 0 aliphatic heterocycles. The monoisotopic (exact) mass is 1360 g/mol. The second kappa shape index (κ2) is 61.9. The number of hydrogen-bond donors (Lipinski definition) is 14. The van der Waals surface area contributed by atoms with Gasteiger partial charge in [0.05, 0.1) is 19.3 Å². The number of carboxylic acids is 1. The van der Waals surface area contributed by atoms with Gasteiger partial charge < -0.3 is 85.4 Å². The van der Waals surface area contributed by atoms with Crippen LogP contribution in [0.3, 0.4) is 0 Å². The van der Waals surface area contributed by atoms with E-state index >= 15 is 0 Å². The van der Waals surface area contributed by atoms with Gasteiger partial charge in [-0.05, 0) is 116 Å². The maximum absolute atomic E-state index is 14.1. The summed E-state index contributed by atoms with van der Waals surface area (Å²) in [5, 5.41) is 45.5. The van der Waals surface area contributed by atoms with Crippen molar-refractivity contribution in [2.75, 3.05) is 57.5 Å². The van der Waals surface area contributed by atoms with Crippen molar-refractivity contribution in [3.8, 4) is 0 Å². The lowest BCUT2D eigenvalue weighted by Crippen LogP contribution is -2.60. The van der Waals surface area contributed by atoms with Crippen LogP contribution in [0.25, 0.3) is 0 Å². The van der Waals surface area contributed by atoms with E-state index in [1.54, 1.807) is 0 Å². The Morgan fingerprint density at radius 3 is 0.979 bits per heavy atom. The van der Waals surface area contributed by atoms with Crippen LogP contribution >= 0.6 is 11.8 Å². The molecule has 0 spiro atoms. The fraction of sp³-hybridized carbons (Fsp3) is 0.868. The standard InChI is InChI=1S/C68H131N11O14S/c1-3-5-7-9-11-13-15-17-19-21-23-25-27-41-60(82)92-49-52(93-61(83)42-28-26-24-22-20-18-16-14-12-10-8-6-4-2)50-94-51-53(73)62(84)78-58(47-80)67(89)79-59(48-81)66(88)76-55(38-30-34-44-70)64(86)74-54(37-29-33-43-69)63(85)75-56(39-31-35-45-71)65(87)77-57(68(90)91)40-32-36-46-72/h52-59,80-81H,3-51,69-73H2,1-2H3,(H,74,86)(H,75,85)(H,76,88)(H,77,87)(H,78,84)(H,79,89)(H,90,91)/t52?,53-,54-,55-,56-,57-,58-,59-/m0/s1. The molecule has 6 amide bonds. The van der Waals surface area contributed by atoms with E-state index in [0.717, 1.165) is 50.3 Å². The number of rotatable bonds is 66. The third kappa shape index (κ3) is 48.1. The molecule has 8 atom stereocenters. The van der Waals surface area contributed by atoms with Crippen molar-refractivity contribution in [3.63, 3.8) is 0 Å². The van der Waals surface area contributed by atoms with Crippen molar-refractivity contribution in [1.29, 1.82) is 0 Å². The molecule has 0 radical (unpaired) electrons. The number of nitrogens with two attached hydrogens (primary N) is 5. The predicted molar refractivity (Wildman–Crippen MR) is 372 cm³/mol. The molecule has 0 aromatic carbocycles. The van der Waals surface area contributed by atoms with Crippen molar-refractivity contribution in [2.24, 2.45) is 28.7 Å². The number of hydrogen-bond acceptors (Lipinski definition) is 19. The van der Waals surface area contributed by atoms with Crippen molar-refractivity contribution < 1.29 is 67.9 Å². The predicted octanol–water partition coefficient (Wildman–Crippen LogP) is 5.96. The summed E-state index contributed by atoms with van der Waals surface area (Å²) in [4.78, 5) is 120. The van der Waals surface area contributed by atoms with Crippen LogP contribution in [0.4, 0.5) is 0 Å². The van der Waals surface area contributed by atoms with Gasteiger partial charge in [-0.25, -0.2) is 4.79 Å². The lowest BCUT2D eigenvalue weighted by Gasteiger charge is -2.27. The topological polar surface area (TPSA) is 435 Å². The van der Waals surface area contributed by atoms with Crippen LogP contribution in [0.1, 0.15) is 271 Å². The molecule has 25 nitrogen and oxygen atoms in total. The second-order valence-corrected chi connectivity index (χ2v) is 26.2. The average molecular weight is 1360 g/mol. The lowest BCUT2D eigenvalue weighted by molar-refractivity contribution is -0.157. The summed E-state index contributed by atoms with van der Waals surface area (Å²) in [6, 6.07) is -9.67. The van der Waals surface area contributed by atoms with Gasteiger partial charge in [0.15, 0.2) is 0 Å². The van der Waals surface area contributed by atoms with Gasteiger partial charge >= 0.3 is 17.9 Å². The number of aliphatic carboxylic acids is 1. The van der Waals surface area contributed by atoms with Gasteiger partial charge in [-0.15, -0.1) is 0 Å². The van der Waals surface area contributed by atoms with E-state index in [9.17, 15) is 58.5 Å². The molecule has 94 heavy (non-hydrogen) atoms. The second-order valence-electron chi connectivity index (χ2n) is 25.1. The SMILES string of the molecule is CCCCCCCCCCCCCCCC(=O)OCC(CSC[C@H](N)C(=O)N[C@@H](CO)C(=O)N[C@@H](CO)C(=O)N[C@@H](CCCCN)C(=O)N[C@@H](CCCCN)C(=O)N[C@@H](CCCCN)C(=O)N[C@@H](CCCCN)C(=O)O)OC(=O)CCCCCCCCCCCCCCC. The Morgan fingerprint density at radius 1 is 0.362 bits per heavy atom. The van der Waals surface area contributed by atoms with Gasteiger partial charge in [0.2, 0.25) is 35.4 Å². The minimum atomic E-state index is -1.71. The van der Waals surface area contributed by atoms with E-state index in [0.29, 0.717) is 77.3 Å². The molecule has 0 saturated heterocycles. The van der Waals surface area contributed by atoms with Crippen LogP contribution in [-0.2, 0) is 52.6 Å². The summed E-state index contributed by atoms with van der Waals surface area (Å²) < 4.78 is 11.4. The Labute approximate surface area is 567 Å². The summed E-state index contributed by atoms with van der Waals surface area (Å²) in [7, 11) is 0. The number of carbonyl (C=O) groups is 9. The molecule has 548 valence electrons. The zero-order valence-electron chi connectivity index (χ0n) is 57.9. The van der Waals surface area contributed by atoms with E-state index in [2.05, 4.69) is 45.7 Å². The number of carboxylic acid groups (broad SMARTS) is 1. The summed E-state index contributed by atoms with van der Waals surface area (Å²) in [5.74, 6) is -7.24. The first-order valence-electron chi connectivity index (χ1n) is 36.2. The van der Waals surface area contributed by atoms with Crippen LogP contribution in [0.5, 0.6) is 0 Å². The number of unbranched alkanes of at least 4 members (excludes halogenated alkanes) is 28. The molecule has 19 N–H and O–H groups in total. The Morgan fingerprint density at radius 2 is 0.649 bits per heavy atom. The third-order valence-corrected chi connectivity index (χ3v) is 17.8. The Kier molecular flexibility index (Phi) is 58.8. The van der Waals surface area contributed by atoms with E-state index in [1.807, 2.05) is 0 Å². The number of ether oxygens (including phenoxy) is 2. The molecule has 1 unspecified atom stereocenters. The van der Waals surface area contributed by atoms with Gasteiger partial charge in [0.25, 0.3) is 0 Å². The largest absolute Gasteiger partial charge is 0.480 e. The number of amides is 6. The van der Waals surface area contributed by atoms with Gasteiger partial charge in [-0.2, -0.15) is 11.8 Å². The van der Waals surface area contributed by atoms with E-state index in [-0.39, 0.29) is 69.7 Å². The normalized spacial score (nSPS) is 13.9. The Balaban J connectivity index is 5.85. The number of thioether (sulfide) groups is 1. The highest BCUT2D eigenvalue weighted by atomic mass is 32.2. The molecule has 0 aromatic heterocycles. The number of aliphatic hydroxyl groups excluding tert-OH is 2. The van der Waals surface area contributed by atoms with Crippen molar-refractivity contribution in [2.45, 2.75) is 319 Å². The highest BCUT2D eigenvalue weighted by Crippen LogP contribution is 2.18. The first-order chi connectivity index (χ1) is 45.5. The minimum absolute atomic E-state index is 0.00144. The van der Waals surface area contributed by atoms with Gasteiger partial charge in [-0.1, -0.05) is 168 Å². The quantitative estimate of drug-likeness (QED) is 0.0247. The lowest BCUT2D eigenvalue weighted by atomic mass is 10.0. The maximum atomic E-state index is 14.1. The molecule has 0 heterocycles. The first-order valence-corrected chi connectivity index (χ1v) is 37.4. The highest BCUT2D eigenvalue weighted by Gasteiger charge is 2.34. The molecule has 0 rings (SSSR count). The molecular weight excluding hydrogens is 1230 g/mol. The smallest absolute Gasteiger partial charge is 0.326 e. The molecular formula is C68H131N11O14S. The molecule has 0 aliphatic rings. The molecule has 0 saturated carbocycles. The molecule has 0 bridgehead atoms. The van der Waals surface area contributed by atoms with Crippen LogP contribution in [-0.4, -0.2) is 175 Å². The van der Waals surface area contributed by atoms with Crippen LogP contribution in [0, 0.1) is 0 Å². The Bertz CT molecular complexity index is 2000. The molecule has 0 aromatic rings. The van der Waals surface area contributed by atoms with Crippen molar-refractivity contribution >= 4 is 65.1 Å². The summed E-state index contributed by atoms with van der Waals surface area (Å²) in [5.41, 5.74) is 29.0. The molecule has 26 heteroatoms. The van der Waals surface area contributed by atoms with Crippen molar-refractivity contribution in [3.05, 3.63) is 0 Å². The molecule has 0 aliphatic carbocycles. The van der Waals surface area contributed by atoms with Gasteiger partial charge in [-0.3, -0.25) is 38.4 Å². The highest BCUT2D eigenvalue weighted by molar-refractivity contribution is 7.99. The average Bonchev–Trinajstić information content (AvgIpc) is 1.00. The van der Waals surface area contributed by atoms with Crippen LogP contribution in [0.15, 0.2) is 0 Å². The van der Waals surface area contributed by atoms with E-state index in [1.165, 1.54) is 116 Å². The molecule has 0 fully saturated rings. The summed E-state index contributed by atoms with van der Waals surface area (Å²) in [6.07, 6.45) is 33.8. The van der Waals surface area contributed by atoms with E-state index < -0.39 is 115 Å². The zero-order valence-corrected chi connectivity index (χ0v) is 58.7. The third-order valence-electron chi connectivity index (χ3n) is 16.6. The number of aliphatic hydroxyl groups is 2. The first kappa shape index (κ1) is 89.3. The van der Waals surface area contributed by atoms with Crippen LogP contribution in [0.2, 0.25) is 0 Å². The van der Waals surface area contributed by atoms with Gasteiger partial charge in [0, 0.05) is 24.3 Å². The van der Waals surface area contributed by atoms with Gasteiger partial charge in [0.1, 0.15) is 49.0 Å².